The normalized spacial score (nSPS) is 18.1. The first-order valence-corrected chi connectivity index (χ1v) is 9.59. The standard InChI is InChI=1S/C14H29N3O2S.HI/c1-4-14(8-5-6-9-14)12-17-13(15-2)16-10-7-11-20(3,18)19;/h4-12H2,1-3H3,(H2,15,16,17);1H. The lowest BCUT2D eigenvalue weighted by Gasteiger charge is -2.28. The number of nitrogens with zero attached hydrogens (tertiary/aromatic N) is 1. The van der Waals surface area contributed by atoms with Crippen LogP contribution in [0.5, 0.6) is 0 Å². The van der Waals surface area contributed by atoms with E-state index in [1.54, 1.807) is 7.05 Å². The molecule has 1 aliphatic rings. The summed E-state index contributed by atoms with van der Waals surface area (Å²) in [7, 11) is -1.12. The van der Waals surface area contributed by atoms with Gasteiger partial charge in [-0.3, -0.25) is 4.99 Å². The SMILES string of the molecule is CCC1(CNC(=NC)NCCCS(C)(=O)=O)CCCC1.I. The number of sulfone groups is 1. The smallest absolute Gasteiger partial charge is 0.190 e. The molecule has 2 N–H and O–H groups in total. The van der Waals surface area contributed by atoms with Crippen LogP contribution in [0.1, 0.15) is 45.4 Å². The van der Waals surface area contributed by atoms with Gasteiger partial charge in [0.25, 0.3) is 0 Å². The molecule has 0 unspecified atom stereocenters. The van der Waals surface area contributed by atoms with E-state index in [1.165, 1.54) is 38.4 Å². The lowest BCUT2D eigenvalue weighted by molar-refractivity contribution is 0.283. The van der Waals surface area contributed by atoms with Crippen molar-refractivity contribution >= 4 is 39.8 Å². The van der Waals surface area contributed by atoms with Crippen LogP contribution in [0, 0.1) is 5.41 Å². The highest BCUT2D eigenvalue weighted by Gasteiger charge is 2.31. The van der Waals surface area contributed by atoms with Crippen molar-refractivity contribution < 1.29 is 8.42 Å². The van der Waals surface area contributed by atoms with Crippen LogP contribution in [0.25, 0.3) is 0 Å². The first-order valence-electron chi connectivity index (χ1n) is 7.53. The third-order valence-corrected chi connectivity index (χ3v) is 5.28. The van der Waals surface area contributed by atoms with Crippen molar-refractivity contribution in [2.75, 3.05) is 32.1 Å². The molecule has 7 heteroatoms. The van der Waals surface area contributed by atoms with Crippen molar-refractivity contribution in [3.05, 3.63) is 0 Å². The summed E-state index contributed by atoms with van der Waals surface area (Å²) in [5.74, 6) is 0.994. The summed E-state index contributed by atoms with van der Waals surface area (Å²) in [5, 5.41) is 6.57. The number of aliphatic imine (C=N–C) groups is 1. The van der Waals surface area contributed by atoms with Gasteiger partial charge in [0, 0.05) is 26.4 Å². The van der Waals surface area contributed by atoms with Crippen molar-refractivity contribution in [2.24, 2.45) is 10.4 Å². The lowest BCUT2D eigenvalue weighted by Crippen LogP contribution is -2.43. The van der Waals surface area contributed by atoms with Gasteiger partial charge >= 0.3 is 0 Å². The molecular formula is C14H30IN3O2S. The van der Waals surface area contributed by atoms with E-state index in [9.17, 15) is 8.42 Å². The molecule has 0 aromatic rings. The maximum Gasteiger partial charge on any atom is 0.190 e. The van der Waals surface area contributed by atoms with Crippen LogP contribution in [-0.2, 0) is 9.84 Å². The number of rotatable bonds is 7. The van der Waals surface area contributed by atoms with E-state index in [0.29, 0.717) is 18.4 Å². The van der Waals surface area contributed by atoms with Crippen molar-refractivity contribution in [1.29, 1.82) is 0 Å². The van der Waals surface area contributed by atoms with Crippen LogP contribution < -0.4 is 10.6 Å². The van der Waals surface area contributed by atoms with Crippen LogP contribution in [0.2, 0.25) is 0 Å². The van der Waals surface area contributed by atoms with E-state index >= 15 is 0 Å². The van der Waals surface area contributed by atoms with Crippen molar-refractivity contribution in [1.82, 2.24) is 10.6 Å². The van der Waals surface area contributed by atoms with E-state index in [4.69, 9.17) is 0 Å². The zero-order chi connectivity index (χ0) is 15.1. The molecule has 0 aliphatic heterocycles. The third kappa shape index (κ3) is 8.23. The zero-order valence-electron chi connectivity index (χ0n) is 13.4. The van der Waals surface area contributed by atoms with Crippen LogP contribution in [0.15, 0.2) is 4.99 Å². The number of guanidine groups is 1. The number of nitrogens with one attached hydrogen (secondary N) is 2. The van der Waals surface area contributed by atoms with Crippen LogP contribution in [-0.4, -0.2) is 46.5 Å². The van der Waals surface area contributed by atoms with Gasteiger partial charge in [-0.1, -0.05) is 19.8 Å². The molecule has 1 rings (SSSR count). The number of hydrogen-bond donors (Lipinski definition) is 2. The summed E-state index contributed by atoms with van der Waals surface area (Å²) in [6.07, 6.45) is 8.32. The molecule has 21 heavy (non-hydrogen) atoms. The Labute approximate surface area is 146 Å². The molecule has 0 heterocycles. The van der Waals surface area contributed by atoms with Gasteiger partial charge in [-0.25, -0.2) is 8.42 Å². The first kappa shape index (κ1) is 20.9. The Morgan fingerprint density at radius 3 is 2.33 bits per heavy atom. The molecular weight excluding hydrogens is 401 g/mol. The summed E-state index contributed by atoms with van der Waals surface area (Å²) < 4.78 is 22.1. The maximum atomic E-state index is 11.1. The van der Waals surface area contributed by atoms with Gasteiger partial charge in [-0.2, -0.15) is 0 Å². The van der Waals surface area contributed by atoms with Crippen molar-refractivity contribution in [2.45, 2.75) is 45.4 Å². The molecule has 5 nitrogen and oxygen atoms in total. The molecule has 1 aliphatic carbocycles. The van der Waals surface area contributed by atoms with E-state index in [0.717, 1.165) is 12.5 Å². The molecule has 0 radical (unpaired) electrons. The highest BCUT2D eigenvalue weighted by molar-refractivity contribution is 14.0. The van der Waals surface area contributed by atoms with Crippen molar-refractivity contribution in [3.8, 4) is 0 Å². The Bertz CT molecular complexity index is 418. The minimum absolute atomic E-state index is 0. The predicted octanol–water partition coefficient (Wildman–Crippen LogP) is 2.17. The first-order chi connectivity index (χ1) is 9.41. The Morgan fingerprint density at radius 1 is 1.24 bits per heavy atom. The van der Waals surface area contributed by atoms with Gasteiger partial charge in [-0.15, -0.1) is 24.0 Å². The Morgan fingerprint density at radius 2 is 1.86 bits per heavy atom. The molecule has 0 bridgehead atoms. The molecule has 0 atom stereocenters. The molecule has 126 valence electrons. The lowest BCUT2D eigenvalue weighted by atomic mass is 9.83. The van der Waals surface area contributed by atoms with Gasteiger partial charge in [0.2, 0.25) is 0 Å². The summed E-state index contributed by atoms with van der Waals surface area (Å²) in [6, 6.07) is 0. The second-order valence-corrected chi connectivity index (χ2v) is 8.16. The van der Waals surface area contributed by atoms with Crippen LogP contribution in [0.4, 0.5) is 0 Å². The van der Waals surface area contributed by atoms with Gasteiger partial charge < -0.3 is 10.6 Å². The Balaban J connectivity index is 0.00000400. The topological polar surface area (TPSA) is 70.6 Å². The molecule has 0 aromatic carbocycles. The predicted molar refractivity (Wildman–Crippen MR) is 100 cm³/mol. The minimum Gasteiger partial charge on any atom is -0.356 e. The highest BCUT2D eigenvalue weighted by Crippen LogP contribution is 2.40. The summed E-state index contributed by atoms with van der Waals surface area (Å²) >= 11 is 0. The van der Waals surface area contributed by atoms with E-state index < -0.39 is 9.84 Å². The van der Waals surface area contributed by atoms with Gasteiger partial charge in [0.15, 0.2) is 5.96 Å². The van der Waals surface area contributed by atoms with E-state index in [2.05, 4.69) is 22.5 Å². The minimum atomic E-state index is -2.87. The van der Waals surface area contributed by atoms with Gasteiger partial charge in [0.05, 0.1) is 5.75 Å². The van der Waals surface area contributed by atoms with Crippen LogP contribution >= 0.6 is 24.0 Å². The summed E-state index contributed by atoms with van der Waals surface area (Å²) in [5.41, 5.74) is 0.421. The van der Waals surface area contributed by atoms with Gasteiger partial charge in [-0.05, 0) is 31.1 Å². The average Bonchev–Trinajstić information content (AvgIpc) is 2.86. The second kappa shape index (κ2) is 9.86. The van der Waals surface area contributed by atoms with Crippen LogP contribution in [0.3, 0.4) is 0 Å². The fourth-order valence-corrected chi connectivity index (χ4v) is 3.48. The molecule has 0 saturated heterocycles. The fraction of sp³-hybridized carbons (Fsp3) is 0.929. The number of halogens is 1. The molecule has 1 fully saturated rings. The van der Waals surface area contributed by atoms with Crippen molar-refractivity contribution in [3.63, 3.8) is 0 Å². The second-order valence-electron chi connectivity index (χ2n) is 5.90. The summed E-state index contributed by atoms with van der Waals surface area (Å²) in [6.45, 7) is 3.84. The van der Waals surface area contributed by atoms with E-state index in [-0.39, 0.29) is 29.7 Å². The third-order valence-electron chi connectivity index (χ3n) is 4.25. The monoisotopic (exact) mass is 431 g/mol. The largest absolute Gasteiger partial charge is 0.356 e. The molecule has 1 saturated carbocycles. The maximum absolute atomic E-state index is 11.1. The molecule has 0 amide bonds. The Hall–Kier alpha value is -0.0500. The van der Waals surface area contributed by atoms with Gasteiger partial charge in [0.1, 0.15) is 9.84 Å². The Kier molecular flexibility index (Phi) is 9.84. The quantitative estimate of drug-likeness (QED) is 0.281. The molecule has 0 spiro atoms. The van der Waals surface area contributed by atoms with E-state index in [1.807, 2.05) is 0 Å². The average molecular weight is 431 g/mol. The summed E-state index contributed by atoms with van der Waals surface area (Å²) in [4.78, 5) is 4.19. The highest BCUT2D eigenvalue weighted by atomic mass is 127. The number of hydrogen-bond acceptors (Lipinski definition) is 3. The zero-order valence-corrected chi connectivity index (χ0v) is 16.6. The molecule has 0 aromatic heterocycles. The fourth-order valence-electron chi connectivity index (χ4n) is 2.81.